The molecule has 6 nitrogen and oxygen atoms in total. The maximum absolute atomic E-state index is 6.10. The molecule has 1 saturated heterocycles. The van der Waals surface area contributed by atoms with E-state index in [1.807, 2.05) is 0 Å². The molecule has 1 aliphatic heterocycles. The molecule has 0 atom stereocenters. The Hall–Kier alpha value is -1.11. The Kier molecular flexibility index (Phi) is 6.29. The first-order chi connectivity index (χ1) is 9.79. The van der Waals surface area contributed by atoms with Crippen LogP contribution in [0.25, 0.3) is 0 Å². The van der Waals surface area contributed by atoms with Crippen molar-refractivity contribution in [2.45, 2.75) is 13.3 Å². The number of rotatable bonds is 7. The summed E-state index contributed by atoms with van der Waals surface area (Å²) < 4.78 is 5.32. The van der Waals surface area contributed by atoms with Gasteiger partial charge in [-0.1, -0.05) is 18.5 Å². The van der Waals surface area contributed by atoms with Gasteiger partial charge in [-0.25, -0.2) is 4.98 Å². The van der Waals surface area contributed by atoms with Crippen molar-refractivity contribution in [2.24, 2.45) is 0 Å². The summed E-state index contributed by atoms with van der Waals surface area (Å²) in [4.78, 5) is 10.9. The second kappa shape index (κ2) is 8.24. The molecule has 0 aromatic carbocycles. The number of ether oxygens (including phenoxy) is 1. The van der Waals surface area contributed by atoms with Crippen LogP contribution in [0.3, 0.4) is 0 Å². The zero-order valence-corrected chi connectivity index (χ0v) is 12.6. The second-order valence-electron chi connectivity index (χ2n) is 4.70. The van der Waals surface area contributed by atoms with Gasteiger partial charge in [-0.2, -0.15) is 4.98 Å². The molecule has 1 fully saturated rings. The van der Waals surface area contributed by atoms with Crippen molar-refractivity contribution in [3.05, 3.63) is 11.2 Å². The smallest absolute Gasteiger partial charge is 0.224 e. The normalized spacial score (nSPS) is 16.1. The summed E-state index contributed by atoms with van der Waals surface area (Å²) in [7, 11) is 0. The SMILES string of the molecule is CCCNc1ncc(Cl)c(NCCN2CCOCC2)n1. The molecule has 0 spiro atoms. The van der Waals surface area contributed by atoms with E-state index >= 15 is 0 Å². The Morgan fingerprint density at radius 1 is 1.30 bits per heavy atom. The van der Waals surface area contributed by atoms with E-state index in [9.17, 15) is 0 Å². The highest BCUT2D eigenvalue weighted by atomic mass is 35.5. The van der Waals surface area contributed by atoms with Crippen molar-refractivity contribution >= 4 is 23.4 Å². The third-order valence-corrected chi connectivity index (χ3v) is 3.38. The lowest BCUT2D eigenvalue weighted by atomic mass is 10.4. The molecule has 0 bridgehead atoms. The van der Waals surface area contributed by atoms with Gasteiger partial charge in [-0.3, -0.25) is 4.90 Å². The third kappa shape index (κ3) is 4.77. The lowest BCUT2D eigenvalue weighted by molar-refractivity contribution is 0.0398. The van der Waals surface area contributed by atoms with Crippen molar-refractivity contribution in [1.82, 2.24) is 14.9 Å². The van der Waals surface area contributed by atoms with Crippen LogP contribution in [0.5, 0.6) is 0 Å². The third-order valence-electron chi connectivity index (χ3n) is 3.10. The van der Waals surface area contributed by atoms with Crippen LogP contribution < -0.4 is 10.6 Å². The molecule has 112 valence electrons. The zero-order valence-electron chi connectivity index (χ0n) is 11.9. The van der Waals surface area contributed by atoms with Gasteiger partial charge in [0.05, 0.1) is 19.4 Å². The number of hydrogen-bond donors (Lipinski definition) is 2. The number of hydrogen-bond acceptors (Lipinski definition) is 6. The van der Waals surface area contributed by atoms with Crippen LogP contribution >= 0.6 is 11.6 Å². The van der Waals surface area contributed by atoms with Crippen LogP contribution in [0.2, 0.25) is 5.02 Å². The molecule has 0 aliphatic carbocycles. The van der Waals surface area contributed by atoms with E-state index in [2.05, 4.69) is 32.4 Å². The highest BCUT2D eigenvalue weighted by Crippen LogP contribution is 2.19. The van der Waals surface area contributed by atoms with E-state index in [4.69, 9.17) is 16.3 Å². The molecule has 1 aromatic heterocycles. The standard InChI is InChI=1S/C13H22ClN5O/c1-2-3-16-13-17-10-11(14)12(18-13)15-4-5-19-6-8-20-9-7-19/h10H,2-9H2,1H3,(H2,15,16,17,18). The first-order valence-corrected chi connectivity index (χ1v) is 7.47. The Labute approximate surface area is 124 Å². The second-order valence-corrected chi connectivity index (χ2v) is 5.10. The van der Waals surface area contributed by atoms with Crippen LogP contribution in [-0.4, -0.2) is 60.8 Å². The lowest BCUT2D eigenvalue weighted by Crippen LogP contribution is -2.39. The van der Waals surface area contributed by atoms with Gasteiger partial charge in [0, 0.05) is 32.7 Å². The molecule has 2 N–H and O–H groups in total. The highest BCUT2D eigenvalue weighted by molar-refractivity contribution is 6.32. The zero-order chi connectivity index (χ0) is 14.2. The Balaban J connectivity index is 1.81. The largest absolute Gasteiger partial charge is 0.379 e. The maximum Gasteiger partial charge on any atom is 0.224 e. The number of anilines is 2. The summed E-state index contributed by atoms with van der Waals surface area (Å²) in [5.74, 6) is 1.30. The monoisotopic (exact) mass is 299 g/mol. The summed E-state index contributed by atoms with van der Waals surface area (Å²) in [6.45, 7) is 8.34. The van der Waals surface area contributed by atoms with Crippen LogP contribution in [0.1, 0.15) is 13.3 Å². The van der Waals surface area contributed by atoms with Gasteiger partial charge in [0.1, 0.15) is 5.02 Å². The quantitative estimate of drug-likeness (QED) is 0.799. The molecule has 0 radical (unpaired) electrons. The summed E-state index contributed by atoms with van der Waals surface area (Å²) >= 11 is 6.10. The van der Waals surface area contributed by atoms with E-state index in [0.717, 1.165) is 52.4 Å². The summed E-state index contributed by atoms with van der Waals surface area (Å²) in [5, 5.41) is 6.98. The van der Waals surface area contributed by atoms with Crippen LogP contribution in [0.15, 0.2) is 6.20 Å². The van der Waals surface area contributed by atoms with Crippen molar-refractivity contribution in [2.75, 3.05) is 56.6 Å². The fourth-order valence-electron chi connectivity index (χ4n) is 1.97. The van der Waals surface area contributed by atoms with Crippen LogP contribution in [0.4, 0.5) is 11.8 Å². The molecule has 20 heavy (non-hydrogen) atoms. The Bertz CT molecular complexity index is 412. The molecule has 0 saturated carbocycles. The predicted molar refractivity (Wildman–Crippen MR) is 81.6 cm³/mol. The molecular formula is C13H22ClN5O. The molecule has 7 heteroatoms. The van der Waals surface area contributed by atoms with E-state index in [1.165, 1.54) is 0 Å². The lowest BCUT2D eigenvalue weighted by Gasteiger charge is -2.26. The Morgan fingerprint density at radius 3 is 2.85 bits per heavy atom. The first kappa shape index (κ1) is 15.3. The average Bonchev–Trinajstić information content (AvgIpc) is 2.49. The predicted octanol–water partition coefficient (Wildman–Crippen LogP) is 1.70. The highest BCUT2D eigenvalue weighted by Gasteiger charge is 2.10. The van der Waals surface area contributed by atoms with Gasteiger partial charge in [0.15, 0.2) is 5.82 Å². The van der Waals surface area contributed by atoms with E-state index in [-0.39, 0.29) is 0 Å². The minimum absolute atomic E-state index is 0.550. The van der Waals surface area contributed by atoms with Gasteiger partial charge in [-0.15, -0.1) is 0 Å². The molecule has 2 rings (SSSR count). The number of aromatic nitrogens is 2. The fourth-order valence-corrected chi connectivity index (χ4v) is 2.13. The average molecular weight is 300 g/mol. The number of halogens is 1. The number of nitrogens with zero attached hydrogens (tertiary/aromatic N) is 3. The van der Waals surface area contributed by atoms with Gasteiger partial charge in [0.25, 0.3) is 0 Å². The van der Waals surface area contributed by atoms with Crippen LogP contribution in [0, 0.1) is 0 Å². The number of nitrogens with one attached hydrogen (secondary N) is 2. The molecule has 1 aromatic rings. The molecule has 1 aliphatic rings. The van der Waals surface area contributed by atoms with E-state index < -0.39 is 0 Å². The summed E-state index contributed by atoms with van der Waals surface area (Å²) in [6, 6.07) is 0. The van der Waals surface area contributed by atoms with Gasteiger partial charge >= 0.3 is 0 Å². The summed E-state index contributed by atoms with van der Waals surface area (Å²) in [5.41, 5.74) is 0. The van der Waals surface area contributed by atoms with Gasteiger partial charge in [-0.05, 0) is 6.42 Å². The van der Waals surface area contributed by atoms with Gasteiger partial charge in [0.2, 0.25) is 5.95 Å². The van der Waals surface area contributed by atoms with E-state index in [0.29, 0.717) is 16.8 Å². The minimum atomic E-state index is 0.550. The Morgan fingerprint density at radius 2 is 2.10 bits per heavy atom. The number of morpholine rings is 1. The van der Waals surface area contributed by atoms with Crippen molar-refractivity contribution < 1.29 is 4.74 Å². The minimum Gasteiger partial charge on any atom is -0.379 e. The fraction of sp³-hybridized carbons (Fsp3) is 0.692. The van der Waals surface area contributed by atoms with Crippen molar-refractivity contribution in [3.63, 3.8) is 0 Å². The van der Waals surface area contributed by atoms with Gasteiger partial charge < -0.3 is 15.4 Å². The first-order valence-electron chi connectivity index (χ1n) is 7.10. The molecule has 0 unspecified atom stereocenters. The molecule has 0 amide bonds. The topological polar surface area (TPSA) is 62.3 Å². The van der Waals surface area contributed by atoms with Crippen molar-refractivity contribution in [3.8, 4) is 0 Å². The maximum atomic E-state index is 6.10. The molecular weight excluding hydrogens is 278 g/mol. The van der Waals surface area contributed by atoms with Crippen molar-refractivity contribution in [1.29, 1.82) is 0 Å². The van der Waals surface area contributed by atoms with E-state index in [1.54, 1.807) is 6.20 Å². The molecule has 2 heterocycles. The van der Waals surface area contributed by atoms with Crippen LogP contribution in [-0.2, 0) is 4.74 Å². The summed E-state index contributed by atoms with van der Waals surface area (Å²) in [6.07, 6.45) is 2.66.